The van der Waals surface area contributed by atoms with E-state index in [0.29, 0.717) is 18.9 Å². The van der Waals surface area contributed by atoms with Gasteiger partial charge in [-0.3, -0.25) is 0 Å². The largest absolute Gasteiger partial charge is 0.338 e. The molecule has 1 aromatic rings. The van der Waals surface area contributed by atoms with Gasteiger partial charge in [-0.2, -0.15) is 0 Å². The summed E-state index contributed by atoms with van der Waals surface area (Å²) in [4.78, 5) is 14.1. The van der Waals surface area contributed by atoms with Gasteiger partial charge in [0.15, 0.2) is 9.84 Å². The number of benzene rings is 1. The van der Waals surface area contributed by atoms with E-state index in [4.69, 9.17) is 0 Å². The summed E-state index contributed by atoms with van der Waals surface area (Å²) in [7, 11) is -2.87. The molecule has 0 aliphatic carbocycles. The van der Waals surface area contributed by atoms with Gasteiger partial charge in [-0.05, 0) is 36.7 Å². The van der Waals surface area contributed by atoms with Crippen molar-refractivity contribution in [1.29, 1.82) is 0 Å². The van der Waals surface area contributed by atoms with E-state index in [9.17, 15) is 13.2 Å². The van der Waals surface area contributed by atoms with Crippen molar-refractivity contribution >= 4 is 15.9 Å². The molecule has 2 fully saturated rings. The number of hydrogen-bond acceptors (Lipinski definition) is 3. The second-order valence-corrected chi connectivity index (χ2v) is 8.97. The molecule has 2 aliphatic heterocycles. The lowest BCUT2D eigenvalue weighted by Crippen LogP contribution is -2.40. The molecule has 0 saturated carbocycles. The van der Waals surface area contributed by atoms with Gasteiger partial charge < -0.3 is 10.2 Å². The Morgan fingerprint density at radius 2 is 1.96 bits per heavy atom. The lowest BCUT2D eigenvalue weighted by Gasteiger charge is -2.19. The number of likely N-dealkylation sites (tertiary alicyclic amines) is 1. The number of rotatable bonds is 4. The van der Waals surface area contributed by atoms with Gasteiger partial charge in [-0.15, -0.1) is 0 Å². The first-order valence-corrected chi connectivity index (χ1v) is 10.1. The number of hydrogen-bond donors (Lipinski definition) is 1. The molecule has 0 aromatic heterocycles. The van der Waals surface area contributed by atoms with Gasteiger partial charge in [0, 0.05) is 19.6 Å². The van der Waals surface area contributed by atoms with Crippen molar-refractivity contribution in [1.82, 2.24) is 10.2 Å². The van der Waals surface area contributed by atoms with Crippen LogP contribution in [-0.4, -0.2) is 50.5 Å². The summed E-state index contributed by atoms with van der Waals surface area (Å²) in [5.41, 5.74) is 1.32. The second kappa shape index (κ2) is 6.91. The van der Waals surface area contributed by atoms with Crippen LogP contribution in [0.4, 0.5) is 4.79 Å². The molecule has 0 spiro atoms. The van der Waals surface area contributed by atoms with Crippen LogP contribution in [0.3, 0.4) is 0 Å². The Kier molecular flexibility index (Phi) is 4.90. The van der Waals surface area contributed by atoms with Crippen LogP contribution in [0.25, 0.3) is 0 Å². The third-order valence-electron chi connectivity index (χ3n) is 4.81. The number of urea groups is 1. The van der Waals surface area contributed by atoms with Crippen molar-refractivity contribution < 1.29 is 13.2 Å². The van der Waals surface area contributed by atoms with Crippen LogP contribution in [0.2, 0.25) is 0 Å². The number of sulfone groups is 1. The van der Waals surface area contributed by atoms with Gasteiger partial charge in [0.25, 0.3) is 0 Å². The summed E-state index contributed by atoms with van der Waals surface area (Å²) >= 11 is 0. The molecule has 0 radical (unpaired) electrons. The molecule has 0 bridgehead atoms. The summed E-state index contributed by atoms with van der Waals surface area (Å²) in [5.74, 6) is 1.06. The van der Waals surface area contributed by atoms with Crippen molar-refractivity contribution in [2.24, 2.45) is 11.8 Å². The van der Waals surface area contributed by atoms with Crippen molar-refractivity contribution in [3.8, 4) is 0 Å². The fourth-order valence-corrected chi connectivity index (χ4v) is 5.37. The highest BCUT2D eigenvalue weighted by atomic mass is 32.2. The maximum Gasteiger partial charge on any atom is 0.317 e. The lowest BCUT2D eigenvalue weighted by molar-refractivity contribution is 0.205. The molecule has 2 saturated heterocycles. The van der Waals surface area contributed by atoms with Crippen molar-refractivity contribution in [3.05, 3.63) is 35.9 Å². The molecule has 2 aliphatic rings. The SMILES string of the molecule is O=C(NCC1CCS(=O)(=O)C1)N1CCC(Cc2ccccc2)C1. The number of nitrogens with zero attached hydrogens (tertiary/aromatic N) is 1. The van der Waals surface area contributed by atoms with E-state index in [1.165, 1.54) is 5.56 Å². The zero-order chi connectivity index (χ0) is 16.3. The zero-order valence-corrected chi connectivity index (χ0v) is 14.1. The predicted octanol–water partition coefficient (Wildman–Crippen LogP) is 1.70. The quantitative estimate of drug-likeness (QED) is 0.910. The van der Waals surface area contributed by atoms with E-state index in [0.717, 1.165) is 25.9 Å². The minimum absolute atomic E-state index is 0.0511. The maximum absolute atomic E-state index is 12.2. The molecule has 1 aromatic carbocycles. The Hall–Kier alpha value is -1.56. The van der Waals surface area contributed by atoms with Crippen LogP contribution in [0.15, 0.2) is 30.3 Å². The Morgan fingerprint density at radius 1 is 1.17 bits per heavy atom. The number of carbonyl (C=O) groups excluding carboxylic acids is 1. The van der Waals surface area contributed by atoms with E-state index in [2.05, 4.69) is 17.4 Å². The monoisotopic (exact) mass is 336 g/mol. The predicted molar refractivity (Wildman–Crippen MR) is 90.0 cm³/mol. The van der Waals surface area contributed by atoms with Gasteiger partial charge in [-0.1, -0.05) is 30.3 Å². The first kappa shape index (κ1) is 16.3. The molecule has 1 N–H and O–H groups in total. The molecule has 126 valence electrons. The first-order chi connectivity index (χ1) is 11.0. The average molecular weight is 336 g/mol. The minimum Gasteiger partial charge on any atom is -0.338 e. The minimum atomic E-state index is -2.87. The van der Waals surface area contributed by atoms with Crippen molar-refractivity contribution in [2.75, 3.05) is 31.1 Å². The van der Waals surface area contributed by atoms with Crippen LogP contribution in [-0.2, 0) is 16.3 Å². The molecule has 23 heavy (non-hydrogen) atoms. The molecule has 6 heteroatoms. The van der Waals surface area contributed by atoms with E-state index in [1.807, 2.05) is 23.1 Å². The van der Waals surface area contributed by atoms with Crippen molar-refractivity contribution in [2.45, 2.75) is 19.3 Å². The fourth-order valence-electron chi connectivity index (χ4n) is 3.51. The number of amides is 2. The summed E-state index contributed by atoms with van der Waals surface area (Å²) in [5, 5.41) is 2.91. The highest BCUT2D eigenvalue weighted by Gasteiger charge is 2.30. The van der Waals surface area contributed by atoms with Gasteiger partial charge in [-0.25, -0.2) is 13.2 Å². The molecule has 3 rings (SSSR count). The highest BCUT2D eigenvalue weighted by molar-refractivity contribution is 7.91. The van der Waals surface area contributed by atoms with Crippen molar-refractivity contribution in [3.63, 3.8) is 0 Å². The Bertz CT molecular complexity index is 645. The van der Waals surface area contributed by atoms with Gasteiger partial charge in [0.1, 0.15) is 0 Å². The first-order valence-electron chi connectivity index (χ1n) is 8.29. The van der Waals surface area contributed by atoms with E-state index >= 15 is 0 Å². The van der Waals surface area contributed by atoms with Gasteiger partial charge in [0.2, 0.25) is 0 Å². The van der Waals surface area contributed by atoms with Crippen LogP contribution < -0.4 is 5.32 Å². The molecule has 2 amide bonds. The van der Waals surface area contributed by atoms with Gasteiger partial charge in [0.05, 0.1) is 11.5 Å². The molecule has 2 heterocycles. The van der Waals surface area contributed by atoms with Crippen LogP contribution >= 0.6 is 0 Å². The second-order valence-electron chi connectivity index (χ2n) is 6.75. The number of carbonyl (C=O) groups is 1. The maximum atomic E-state index is 12.2. The molecule has 2 atom stereocenters. The summed E-state index contributed by atoms with van der Waals surface area (Å²) in [6.07, 6.45) is 2.70. The van der Waals surface area contributed by atoms with Crippen LogP contribution in [0.1, 0.15) is 18.4 Å². The summed E-state index contributed by atoms with van der Waals surface area (Å²) in [6, 6.07) is 10.3. The smallest absolute Gasteiger partial charge is 0.317 e. The average Bonchev–Trinajstić information content (AvgIpc) is 3.12. The van der Waals surface area contributed by atoms with E-state index in [1.54, 1.807) is 0 Å². The number of nitrogens with one attached hydrogen (secondary N) is 1. The highest BCUT2D eigenvalue weighted by Crippen LogP contribution is 2.21. The topological polar surface area (TPSA) is 66.5 Å². The van der Waals surface area contributed by atoms with Crippen LogP contribution in [0.5, 0.6) is 0 Å². The van der Waals surface area contributed by atoms with Crippen LogP contribution in [0, 0.1) is 11.8 Å². The third kappa shape index (κ3) is 4.47. The van der Waals surface area contributed by atoms with E-state index in [-0.39, 0.29) is 23.5 Å². The van der Waals surface area contributed by atoms with E-state index < -0.39 is 9.84 Å². The molecule has 5 nitrogen and oxygen atoms in total. The molecule has 2 unspecified atom stereocenters. The summed E-state index contributed by atoms with van der Waals surface area (Å²) in [6.45, 7) is 2.04. The summed E-state index contributed by atoms with van der Waals surface area (Å²) < 4.78 is 22.9. The van der Waals surface area contributed by atoms with Gasteiger partial charge >= 0.3 is 6.03 Å². The lowest BCUT2D eigenvalue weighted by atomic mass is 9.99. The fraction of sp³-hybridized carbons (Fsp3) is 0.588. The zero-order valence-electron chi connectivity index (χ0n) is 13.3. The third-order valence-corrected chi connectivity index (χ3v) is 6.65. The normalized spacial score (nSPS) is 26.3. The molecular weight excluding hydrogens is 312 g/mol. The standard InChI is InChI=1S/C17H24N2O3S/c20-17(18-11-16-7-9-23(21,22)13-16)19-8-6-15(12-19)10-14-4-2-1-3-5-14/h1-5,15-16H,6-13H2,(H,18,20). The Balaban J connectivity index is 1.43. The Morgan fingerprint density at radius 3 is 2.65 bits per heavy atom. The molecular formula is C17H24N2O3S. The Labute approximate surface area is 138 Å².